The van der Waals surface area contributed by atoms with Crippen LogP contribution in [0.3, 0.4) is 0 Å². The van der Waals surface area contributed by atoms with Gasteiger partial charge in [0.15, 0.2) is 11.7 Å². The van der Waals surface area contributed by atoms with Crippen LogP contribution in [0.25, 0.3) is 0 Å². The average Bonchev–Trinajstić information content (AvgIpc) is 3.11. The summed E-state index contributed by atoms with van der Waals surface area (Å²) in [7, 11) is 3.18. The number of likely N-dealkylation sites (tertiary alicyclic amines) is 1. The van der Waals surface area contributed by atoms with Crippen molar-refractivity contribution in [1.82, 2.24) is 20.0 Å². The van der Waals surface area contributed by atoms with E-state index in [1.807, 2.05) is 0 Å². The Morgan fingerprint density at radius 2 is 1.88 bits per heavy atom. The molecule has 1 N–H and O–H groups in total. The van der Waals surface area contributed by atoms with Gasteiger partial charge in [0.05, 0.1) is 0 Å². The van der Waals surface area contributed by atoms with Gasteiger partial charge in [-0.3, -0.25) is 9.67 Å². The van der Waals surface area contributed by atoms with E-state index in [9.17, 15) is 13.2 Å². The van der Waals surface area contributed by atoms with Gasteiger partial charge in [0, 0.05) is 45.5 Å². The van der Waals surface area contributed by atoms with E-state index in [1.165, 1.54) is 43.6 Å². The molecule has 3 rings (SSSR count). The van der Waals surface area contributed by atoms with Crippen LogP contribution >= 0.6 is 24.0 Å². The molecule has 25 heavy (non-hydrogen) atoms. The summed E-state index contributed by atoms with van der Waals surface area (Å²) in [6, 6.07) is 0. The van der Waals surface area contributed by atoms with E-state index in [1.54, 1.807) is 7.05 Å². The first-order chi connectivity index (χ1) is 11.4. The highest BCUT2D eigenvalue weighted by atomic mass is 127. The molecule has 5 nitrogen and oxygen atoms in total. The summed E-state index contributed by atoms with van der Waals surface area (Å²) in [5.74, 6) is 2.07. The summed E-state index contributed by atoms with van der Waals surface area (Å²) >= 11 is 0. The zero-order valence-corrected chi connectivity index (χ0v) is 16.8. The van der Waals surface area contributed by atoms with Gasteiger partial charge in [0.2, 0.25) is 0 Å². The van der Waals surface area contributed by atoms with Crippen molar-refractivity contribution < 1.29 is 13.2 Å². The number of nitrogens with zero attached hydrogens (tertiary/aromatic N) is 4. The fourth-order valence-corrected chi connectivity index (χ4v) is 3.99. The van der Waals surface area contributed by atoms with Gasteiger partial charge in [-0.05, 0) is 24.7 Å². The van der Waals surface area contributed by atoms with Crippen molar-refractivity contribution in [3.8, 4) is 0 Å². The van der Waals surface area contributed by atoms with E-state index < -0.39 is 11.9 Å². The van der Waals surface area contributed by atoms with Crippen LogP contribution in [0.1, 0.15) is 36.9 Å². The fraction of sp³-hybridized carbons (Fsp3) is 0.750. The van der Waals surface area contributed by atoms with Crippen LogP contribution in [-0.4, -0.2) is 40.8 Å². The molecule has 1 saturated carbocycles. The van der Waals surface area contributed by atoms with E-state index in [4.69, 9.17) is 0 Å². The molecule has 2 fully saturated rings. The maximum Gasteiger partial charge on any atom is 0.435 e. The SMILES string of the molecule is CN=C(NCc1cn(C)nc1C(F)(F)F)N1CC2CCCCC2C1.I. The molecule has 9 heteroatoms. The minimum atomic E-state index is -4.44. The number of aliphatic imine (C=N–C) groups is 1. The van der Waals surface area contributed by atoms with Gasteiger partial charge in [0.25, 0.3) is 0 Å². The Morgan fingerprint density at radius 1 is 1.28 bits per heavy atom. The zero-order chi connectivity index (χ0) is 17.3. The summed E-state index contributed by atoms with van der Waals surface area (Å²) in [5, 5.41) is 6.63. The van der Waals surface area contributed by atoms with Crippen molar-refractivity contribution >= 4 is 29.9 Å². The molecule has 2 atom stereocenters. The molecule has 1 aromatic rings. The molecule has 1 aliphatic heterocycles. The second-order valence-electron chi connectivity index (χ2n) is 6.78. The van der Waals surface area contributed by atoms with Crippen molar-refractivity contribution in [2.45, 2.75) is 38.4 Å². The van der Waals surface area contributed by atoms with E-state index in [0.717, 1.165) is 13.1 Å². The van der Waals surface area contributed by atoms with Gasteiger partial charge in [-0.2, -0.15) is 18.3 Å². The predicted molar refractivity (Wildman–Crippen MR) is 101 cm³/mol. The molecule has 2 heterocycles. The van der Waals surface area contributed by atoms with Gasteiger partial charge in [0.1, 0.15) is 0 Å². The zero-order valence-electron chi connectivity index (χ0n) is 14.5. The van der Waals surface area contributed by atoms with Crippen molar-refractivity contribution in [3.63, 3.8) is 0 Å². The van der Waals surface area contributed by atoms with Crippen molar-refractivity contribution in [1.29, 1.82) is 0 Å². The highest BCUT2D eigenvalue weighted by Crippen LogP contribution is 2.36. The summed E-state index contributed by atoms with van der Waals surface area (Å²) in [5.41, 5.74) is -0.689. The van der Waals surface area contributed by atoms with Crippen molar-refractivity contribution in [2.75, 3.05) is 20.1 Å². The van der Waals surface area contributed by atoms with E-state index in [-0.39, 0.29) is 36.1 Å². The lowest BCUT2D eigenvalue weighted by atomic mass is 9.82. The van der Waals surface area contributed by atoms with Crippen molar-refractivity contribution in [3.05, 3.63) is 17.5 Å². The largest absolute Gasteiger partial charge is 0.435 e. The first-order valence-electron chi connectivity index (χ1n) is 8.43. The summed E-state index contributed by atoms with van der Waals surface area (Å²) in [6.07, 6.45) is 2.03. The normalized spacial score (nSPS) is 24.0. The number of rotatable bonds is 2. The molecule has 0 bridgehead atoms. The number of aromatic nitrogens is 2. The maximum atomic E-state index is 13.0. The monoisotopic (exact) mass is 471 g/mol. The summed E-state index contributed by atoms with van der Waals surface area (Å²) in [6.45, 7) is 1.97. The van der Waals surface area contributed by atoms with Crippen LogP contribution in [0.5, 0.6) is 0 Å². The Labute approximate surface area is 163 Å². The van der Waals surface area contributed by atoms with Crippen LogP contribution in [0.4, 0.5) is 13.2 Å². The van der Waals surface area contributed by atoms with Gasteiger partial charge in [-0.25, -0.2) is 0 Å². The third-order valence-electron chi connectivity index (χ3n) is 5.10. The first-order valence-corrected chi connectivity index (χ1v) is 8.43. The third-order valence-corrected chi connectivity index (χ3v) is 5.10. The first kappa shape index (κ1) is 20.3. The van der Waals surface area contributed by atoms with Gasteiger partial charge < -0.3 is 10.2 Å². The minimum Gasteiger partial charge on any atom is -0.352 e. The molecule has 1 aromatic heterocycles. The van der Waals surface area contributed by atoms with Crippen LogP contribution in [0, 0.1) is 11.8 Å². The Balaban J connectivity index is 0.00000225. The van der Waals surface area contributed by atoms with E-state index in [2.05, 4.69) is 20.3 Å². The van der Waals surface area contributed by atoms with Gasteiger partial charge in [-0.15, -0.1) is 24.0 Å². The number of alkyl halides is 3. The lowest BCUT2D eigenvalue weighted by Gasteiger charge is -2.22. The Kier molecular flexibility index (Phi) is 6.61. The lowest BCUT2D eigenvalue weighted by molar-refractivity contribution is -0.142. The number of nitrogens with one attached hydrogen (secondary N) is 1. The molecule has 0 spiro atoms. The lowest BCUT2D eigenvalue weighted by Crippen LogP contribution is -2.40. The number of fused-ring (bicyclic) bond motifs is 1. The van der Waals surface area contributed by atoms with E-state index >= 15 is 0 Å². The van der Waals surface area contributed by atoms with Crippen LogP contribution in [0.2, 0.25) is 0 Å². The quantitative estimate of drug-likeness (QED) is 0.410. The molecule has 142 valence electrons. The smallest absolute Gasteiger partial charge is 0.352 e. The van der Waals surface area contributed by atoms with Gasteiger partial charge >= 0.3 is 6.18 Å². The van der Waals surface area contributed by atoms with Crippen LogP contribution < -0.4 is 5.32 Å². The molecule has 2 aliphatic rings. The molecular formula is C16H25F3IN5. The highest BCUT2D eigenvalue weighted by Gasteiger charge is 2.38. The molecule has 1 saturated heterocycles. The molecule has 1 aliphatic carbocycles. The number of guanidine groups is 1. The molecule has 0 amide bonds. The number of hydrogen-bond acceptors (Lipinski definition) is 2. The highest BCUT2D eigenvalue weighted by molar-refractivity contribution is 14.0. The fourth-order valence-electron chi connectivity index (χ4n) is 3.99. The second kappa shape index (κ2) is 8.13. The standard InChI is InChI=1S/C16H24F3N5.HI/c1-20-15(24-9-11-5-3-4-6-12(11)10-24)21-7-13-8-23(2)22-14(13)16(17,18)19;/h8,11-12H,3-7,9-10H2,1-2H3,(H,20,21);1H. The van der Waals surface area contributed by atoms with Crippen molar-refractivity contribution in [2.24, 2.45) is 23.9 Å². The Hall–Kier alpha value is -1.00. The van der Waals surface area contributed by atoms with Gasteiger partial charge in [-0.1, -0.05) is 12.8 Å². The summed E-state index contributed by atoms with van der Waals surface area (Å²) in [4.78, 5) is 6.45. The molecule has 0 aromatic carbocycles. The topological polar surface area (TPSA) is 45.5 Å². The van der Waals surface area contributed by atoms with Crippen LogP contribution in [0.15, 0.2) is 11.2 Å². The third kappa shape index (κ3) is 4.59. The number of halogens is 4. The second-order valence-corrected chi connectivity index (χ2v) is 6.78. The molecule has 2 unspecified atom stereocenters. The number of aryl methyl sites for hydroxylation is 1. The Bertz CT molecular complexity index is 599. The summed E-state index contributed by atoms with van der Waals surface area (Å²) < 4.78 is 40.3. The number of hydrogen-bond donors (Lipinski definition) is 1. The average molecular weight is 471 g/mol. The van der Waals surface area contributed by atoms with E-state index in [0.29, 0.717) is 17.8 Å². The van der Waals surface area contributed by atoms with Crippen LogP contribution in [-0.2, 0) is 19.8 Å². The molecular weight excluding hydrogens is 446 g/mol. The maximum absolute atomic E-state index is 13.0. The Morgan fingerprint density at radius 3 is 2.40 bits per heavy atom. The predicted octanol–water partition coefficient (Wildman–Crippen LogP) is 3.25. The minimum absolute atomic E-state index is 0. The molecule has 0 radical (unpaired) electrons.